The van der Waals surface area contributed by atoms with Crippen LogP contribution in [-0.2, 0) is 0 Å². The molecule has 158 valence electrons. The van der Waals surface area contributed by atoms with Gasteiger partial charge < -0.3 is 10.0 Å². The topological polar surface area (TPSA) is 57.6 Å². The van der Waals surface area contributed by atoms with Crippen molar-refractivity contribution < 1.29 is 14.7 Å². The quantitative estimate of drug-likeness (QED) is 0.614. The maximum atomic E-state index is 12.1. The first-order valence-electron chi connectivity index (χ1n) is 10.8. The molecule has 4 rings (SSSR count). The van der Waals surface area contributed by atoms with Gasteiger partial charge in [0, 0.05) is 29.1 Å². The Bertz CT molecular complexity index is 965. The van der Waals surface area contributed by atoms with Crippen LogP contribution in [0.3, 0.4) is 0 Å². The first-order valence-corrected chi connectivity index (χ1v) is 11.6. The maximum Gasteiger partial charge on any atom is 0.346 e. The molecule has 0 bridgehead atoms. The minimum atomic E-state index is -0.853. The van der Waals surface area contributed by atoms with E-state index in [0.717, 1.165) is 47.7 Å². The van der Waals surface area contributed by atoms with Crippen LogP contribution >= 0.6 is 11.3 Å². The Hall–Kier alpha value is -2.24. The molecule has 0 saturated heterocycles. The number of carbonyl (C=O) groups is 2. The van der Waals surface area contributed by atoms with Crippen LogP contribution < -0.4 is 0 Å². The van der Waals surface area contributed by atoms with Crippen LogP contribution in [0.4, 0.5) is 0 Å². The average Bonchev–Trinajstić information content (AvgIpc) is 3.20. The van der Waals surface area contributed by atoms with Gasteiger partial charge in [0.15, 0.2) is 0 Å². The number of carboxylic acid groups (broad SMARTS) is 1. The van der Waals surface area contributed by atoms with Gasteiger partial charge >= 0.3 is 5.97 Å². The number of aldehydes is 1. The van der Waals surface area contributed by atoms with Gasteiger partial charge in [-0.1, -0.05) is 44.0 Å². The van der Waals surface area contributed by atoms with E-state index >= 15 is 0 Å². The summed E-state index contributed by atoms with van der Waals surface area (Å²) >= 11 is 1.34. The number of rotatable bonds is 5. The van der Waals surface area contributed by atoms with E-state index in [1.165, 1.54) is 48.2 Å². The molecular formula is C25H29NO3S. The van der Waals surface area contributed by atoms with Gasteiger partial charge in [-0.2, -0.15) is 0 Å². The van der Waals surface area contributed by atoms with E-state index in [9.17, 15) is 14.7 Å². The van der Waals surface area contributed by atoms with Crippen molar-refractivity contribution >= 4 is 29.2 Å². The van der Waals surface area contributed by atoms with Crippen LogP contribution in [0.25, 0.3) is 16.0 Å². The normalized spacial score (nSPS) is 22.9. The van der Waals surface area contributed by atoms with Gasteiger partial charge in [0.2, 0.25) is 0 Å². The smallest absolute Gasteiger partial charge is 0.346 e. The summed E-state index contributed by atoms with van der Waals surface area (Å²) < 4.78 is 0. The van der Waals surface area contributed by atoms with E-state index in [0.29, 0.717) is 16.4 Å². The average molecular weight is 424 g/mol. The van der Waals surface area contributed by atoms with Crippen molar-refractivity contribution in [2.24, 2.45) is 11.8 Å². The zero-order valence-electron chi connectivity index (χ0n) is 17.7. The molecule has 1 aromatic heterocycles. The van der Waals surface area contributed by atoms with E-state index in [1.807, 2.05) is 12.1 Å². The number of nitrogens with zero attached hydrogens (tertiary/aromatic N) is 1. The molecule has 0 unspecified atom stereocenters. The van der Waals surface area contributed by atoms with Crippen molar-refractivity contribution in [3.05, 3.63) is 51.9 Å². The van der Waals surface area contributed by atoms with Gasteiger partial charge in [-0.25, -0.2) is 4.79 Å². The number of likely N-dealkylation sites (N-methyl/N-ethyl adjacent to an activating group) is 1. The summed E-state index contributed by atoms with van der Waals surface area (Å²) in [4.78, 5) is 26.8. The molecule has 0 spiro atoms. The SMILES string of the molecule is CC1CCC(C2=C(c3cc(-c4ccc(C=O)cc4)sc3C(=O)O)CCN(C)C2)CC1. The Labute approximate surface area is 182 Å². The summed E-state index contributed by atoms with van der Waals surface area (Å²) in [6.07, 6.45) is 6.66. The first kappa shape index (κ1) is 21.0. The van der Waals surface area contributed by atoms with Crippen LogP contribution in [0.1, 0.15) is 64.6 Å². The molecule has 0 amide bonds. The number of hydrogen-bond donors (Lipinski definition) is 1. The summed E-state index contributed by atoms with van der Waals surface area (Å²) in [6, 6.07) is 9.43. The summed E-state index contributed by atoms with van der Waals surface area (Å²) in [5.41, 5.74) is 5.21. The molecule has 1 saturated carbocycles. The van der Waals surface area contributed by atoms with E-state index in [2.05, 4.69) is 24.9 Å². The number of carbonyl (C=O) groups excluding carboxylic acids is 1. The lowest BCUT2D eigenvalue weighted by Gasteiger charge is -2.35. The molecule has 1 aromatic carbocycles. The highest BCUT2D eigenvalue weighted by atomic mass is 32.1. The fourth-order valence-corrected chi connectivity index (χ4v) is 5.89. The molecule has 0 atom stereocenters. The fourth-order valence-electron chi connectivity index (χ4n) is 4.86. The van der Waals surface area contributed by atoms with Crippen LogP contribution in [-0.4, -0.2) is 42.4 Å². The lowest BCUT2D eigenvalue weighted by molar-refractivity contribution is 0.0701. The molecule has 1 aliphatic heterocycles. The van der Waals surface area contributed by atoms with Gasteiger partial charge in [0.1, 0.15) is 11.2 Å². The van der Waals surface area contributed by atoms with Crippen molar-refractivity contribution in [2.45, 2.75) is 39.0 Å². The highest BCUT2D eigenvalue weighted by Crippen LogP contribution is 2.43. The summed E-state index contributed by atoms with van der Waals surface area (Å²) in [7, 11) is 2.16. The lowest BCUT2D eigenvalue weighted by Crippen LogP contribution is -2.31. The van der Waals surface area contributed by atoms with Crippen LogP contribution in [0.5, 0.6) is 0 Å². The second kappa shape index (κ2) is 8.86. The third-order valence-corrected chi connectivity index (χ3v) is 7.83. The van der Waals surface area contributed by atoms with Crippen LogP contribution in [0.2, 0.25) is 0 Å². The van der Waals surface area contributed by atoms with Crippen molar-refractivity contribution in [2.75, 3.05) is 20.1 Å². The second-order valence-corrected chi connectivity index (χ2v) is 9.90. The third kappa shape index (κ3) is 4.28. The molecule has 2 aromatic rings. The van der Waals surface area contributed by atoms with Crippen LogP contribution in [0.15, 0.2) is 35.9 Å². The minimum absolute atomic E-state index is 0.436. The Balaban J connectivity index is 1.77. The summed E-state index contributed by atoms with van der Waals surface area (Å²) in [6.45, 7) is 4.23. The summed E-state index contributed by atoms with van der Waals surface area (Å²) in [5.74, 6) is 0.507. The standard InChI is InChI=1S/C25H29NO3S/c1-16-3-7-18(8-4-16)22-14-26(2)12-11-20(22)21-13-23(30-24(21)25(28)29)19-9-5-17(15-27)6-10-19/h5-6,9-10,13,15-16,18H,3-4,7-8,11-12,14H2,1-2H3,(H,28,29). The number of benzene rings is 1. The largest absolute Gasteiger partial charge is 0.477 e. The van der Waals surface area contributed by atoms with E-state index < -0.39 is 5.97 Å². The van der Waals surface area contributed by atoms with Gasteiger partial charge in [-0.15, -0.1) is 11.3 Å². The Morgan fingerprint density at radius 2 is 1.87 bits per heavy atom. The number of thiophene rings is 1. The molecular weight excluding hydrogens is 394 g/mol. The predicted molar refractivity (Wildman–Crippen MR) is 122 cm³/mol. The third-order valence-electron chi connectivity index (χ3n) is 6.66. The monoisotopic (exact) mass is 423 g/mol. The number of aromatic carboxylic acids is 1. The fraction of sp³-hybridized carbons (Fsp3) is 0.440. The molecule has 30 heavy (non-hydrogen) atoms. The van der Waals surface area contributed by atoms with Crippen molar-refractivity contribution in [3.63, 3.8) is 0 Å². The van der Waals surface area contributed by atoms with Gasteiger partial charge in [-0.05, 0) is 60.9 Å². The van der Waals surface area contributed by atoms with Gasteiger partial charge in [0.25, 0.3) is 0 Å². The maximum absolute atomic E-state index is 12.1. The Kier molecular flexibility index (Phi) is 6.21. The predicted octanol–water partition coefficient (Wildman–Crippen LogP) is 5.84. The molecule has 1 N–H and O–H groups in total. The molecule has 2 aliphatic rings. The second-order valence-electron chi connectivity index (χ2n) is 8.85. The minimum Gasteiger partial charge on any atom is -0.477 e. The highest BCUT2D eigenvalue weighted by molar-refractivity contribution is 7.17. The Morgan fingerprint density at radius 1 is 1.17 bits per heavy atom. The van der Waals surface area contributed by atoms with E-state index in [1.54, 1.807) is 12.1 Å². The van der Waals surface area contributed by atoms with Crippen LogP contribution in [0, 0.1) is 11.8 Å². The highest BCUT2D eigenvalue weighted by Gasteiger charge is 2.30. The number of hydrogen-bond acceptors (Lipinski definition) is 4. The van der Waals surface area contributed by atoms with Crippen molar-refractivity contribution in [3.8, 4) is 10.4 Å². The van der Waals surface area contributed by atoms with Gasteiger partial charge in [-0.3, -0.25) is 4.79 Å². The molecule has 1 fully saturated rings. The van der Waals surface area contributed by atoms with Crippen molar-refractivity contribution in [1.29, 1.82) is 0 Å². The molecule has 5 heteroatoms. The molecule has 1 aliphatic carbocycles. The number of carboxylic acids is 1. The first-order chi connectivity index (χ1) is 14.5. The zero-order chi connectivity index (χ0) is 21.3. The lowest BCUT2D eigenvalue weighted by atomic mass is 9.75. The van der Waals surface area contributed by atoms with E-state index in [-0.39, 0.29) is 0 Å². The van der Waals surface area contributed by atoms with Gasteiger partial charge in [0.05, 0.1) is 0 Å². The van der Waals surface area contributed by atoms with Crippen molar-refractivity contribution in [1.82, 2.24) is 4.90 Å². The van der Waals surface area contributed by atoms with E-state index in [4.69, 9.17) is 0 Å². The summed E-state index contributed by atoms with van der Waals surface area (Å²) in [5, 5.41) is 9.95. The molecule has 2 heterocycles. The molecule has 4 nitrogen and oxygen atoms in total. The zero-order valence-corrected chi connectivity index (χ0v) is 18.5. The Morgan fingerprint density at radius 3 is 2.50 bits per heavy atom. The molecule has 0 radical (unpaired) electrons.